The van der Waals surface area contributed by atoms with Crippen molar-refractivity contribution in [3.05, 3.63) is 41.2 Å². The van der Waals surface area contributed by atoms with Gasteiger partial charge in [0.05, 0.1) is 13.0 Å². The maximum atomic E-state index is 12.9. The van der Waals surface area contributed by atoms with Crippen LogP contribution in [0.5, 0.6) is 0 Å². The third-order valence-electron chi connectivity index (χ3n) is 2.50. The molecule has 0 aromatic heterocycles. The van der Waals surface area contributed by atoms with Gasteiger partial charge >= 0.3 is 11.9 Å². The fourth-order valence-electron chi connectivity index (χ4n) is 1.70. The van der Waals surface area contributed by atoms with Crippen LogP contribution < -0.4 is 0 Å². The lowest BCUT2D eigenvalue weighted by atomic mass is 10.1. The third kappa shape index (κ3) is 6.52. The number of carbonyl (C=O) groups excluding carboxylic acids is 2. The van der Waals surface area contributed by atoms with Gasteiger partial charge in [-0.1, -0.05) is 12.1 Å². The van der Waals surface area contributed by atoms with Crippen LogP contribution in [-0.4, -0.2) is 24.1 Å². The molecule has 1 aromatic rings. The number of hydrogen-bond donors (Lipinski definition) is 0. The predicted octanol–water partition coefficient (Wildman–Crippen LogP) is 3.50. The van der Waals surface area contributed by atoms with Crippen molar-refractivity contribution in [1.82, 2.24) is 0 Å². The van der Waals surface area contributed by atoms with Crippen LogP contribution in [0.2, 0.25) is 0 Å². The maximum absolute atomic E-state index is 12.9. The van der Waals surface area contributed by atoms with E-state index < -0.39 is 17.5 Å². The lowest BCUT2D eigenvalue weighted by Crippen LogP contribution is -2.25. The smallest absolute Gasteiger partial charge is 0.334 e. The summed E-state index contributed by atoms with van der Waals surface area (Å²) in [5, 5.41) is 0. The SMILES string of the molecule is CCOC(=O)C(=Cc1ccc(F)cc1)CC(=O)OC(C)(C)C. The van der Waals surface area contributed by atoms with Gasteiger partial charge in [-0.15, -0.1) is 0 Å². The van der Waals surface area contributed by atoms with Crippen LogP contribution in [0, 0.1) is 5.82 Å². The second-order valence-corrected chi connectivity index (χ2v) is 5.70. The van der Waals surface area contributed by atoms with Crippen molar-refractivity contribution in [2.24, 2.45) is 0 Å². The van der Waals surface area contributed by atoms with Gasteiger partial charge < -0.3 is 9.47 Å². The number of esters is 2. The van der Waals surface area contributed by atoms with Crippen molar-refractivity contribution in [3.63, 3.8) is 0 Å². The molecule has 0 radical (unpaired) electrons. The molecule has 5 heteroatoms. The van der Waals surface area contributed by atoms with Crippen LogP contribution in [0.4, 0.5) is 4.39 Å². The van der Waals surface area contributed by atoms with Crippen LogP contribution in [-0.2, 0) is 19.1 Å². The highest BCUT2D eigenvalue weighted by Crippen LogP contribution is 2.16. The summed E-state index contributed by atoms with van der Waals surface area (Å²) < 4.78 is 23.1. The molecule has 120 valence electrons. The number of carbonyl (C=O) groups is 2. The van der Waals surface area contributed by atoms with Crippen molar-refractivity contribution in [2.45, 2.75) is 39.7 Å². The predicted molar refractivity (Wildman–Crippen MR) is 81.5 cm³/mol. The molecule has 22 heavy (non-hydrogen) atoms. The first-order chi connectivity index (χ1) is 10.2. The molecule has 0 bridgehead atoms. The molecular weight excluding hydrogens is 287 g/mol. The largest absolute Gasteiger partial charge is 0.463 e. The van der Waals surface area contributed by atoms with Gasteiger partial charge in [0.1, 0.15) is 11.4 Å². The normalized spacial score (nSPS) is 12.0. The summed E-state index contributed by atoms with van der Waals surface area (Å²) in [6.45, 7) is 7.13. The Kier molecular flexibility index (Phi) is 6.28. The first-order valence-corrected chi connectivity index (χ1v) is 7.06. The summed E-state index contributed by atoms with van der Waals surface area (Å²) in [5.41, 5.74) is 0.142. The fourth-order valence-corrected chi connectivity index (χ4v) is 1.70. The van der Waals surface area contributed by atoms with E-state index in [2.05, 4.69) is 0 Å². The topological polar surface area (TPSA) is 52.6 Å². The van der Waals surface area contributed by atoms with Crippen LogP contribution in [0.1, 0.15) is 39.7 Å². The van der Waals surface area contributed by atoms with E-state index in [9.17, 15) is 14.0 Å². The minimum atomic E-state index is -0.632. The molecular formula is C17H21FO4. The van der Waals surface area contributed by atoms with Gasteiger partial charge in [-0.05, 0) is 51.5 Å². The molecule has 0 aliphatic rings. The van der Waals surface area contributed by atoms with E-state index in [1.165, 1.54) is 30.3 Å². The molecule has 1 rings (SSSR count). The zero-order valence-corrected chi connectivity index (χ0v) is 13.3. The first-order valence-electron chi connectivity index (χ1n) is 7.06. The highest BCUT2D eigenvalue weighted by atomic mass is 19.1. The van der Waals surface area contributed by atoms with Crippen molar-refractivity contribution < 1.29 is 23.5 Å². The Morgan fingerprint density at radius 2 is 1.77 bits per heavy atom. The van der Waals surface area contributed by atoms with Gasteiger partial charge in [-0.2, -0.15) is 0 Å². The summed E-state index contributed by atoms with van der Waals surface area (Å²) in [4.78, 5) is 23.8. The van der Waals surface area contributed by atoms with E-state index in [-0.39, 0.29) is 24.4 Å². The molecule has 0 aliphatic heterocycles. The summed E-state index contributed by atoms with van der Waals surface area (Å²) in [7, 11) is 0. The van der Waals surface area contributed by atoms with E-state index in [1.54, 1.807) is 27.7 Å². The Balaban J connectivity index is 2.95. The van der Waals surface area contributed by atoms with E-state index in [0.717, 1.165) is 0 Å². The number of benzene rings is 1. The van der Waals surface area contributed by atoms with Gasteiger partial charge in [-0.3, -0.25) is 4.79 Å². The van der Waals surface area contributed by atoms with E-state index in [1.807, 2.05) is 0 Å². The highest BCUT2D eigenvalue weighted by molar-refractivity contribution is 5.98. The number of rotatable bonds is 5. The standard InChI is InChI=1S/C17H21FO4/c1-5-21-16(20)13(11-15(19)22-17(2,3)4)10-12-6-8-14(18)9-7-12/h6-10H,5,11H2,1-4H3. The Bertz CT molecular complexity index is 553. The van der Waals surface area contributed by atoms with E-state index in [0.29, 0.717) is 5.56 Å². The Morgan fingerprint density at radius 3 is 2.27 bits per heavy atom. The molecule has 0 amide bonds. The lowest BCUT2D eigenvalue weighted by Gasteiger charge is -2.19. The quantitative estimate of drug-likeness (QED) is 0.617. The maximum Gasteiger partial charge on any atom is 0.334 e. The molecule has 0 saturated carbocycles. The summed E-state index contributed by atoms with van der Waals surface area (Å²) in [6, 6.07) is 5.59. The van der Waals surface area contributed by atoms with Gasteiger partial charge in [0, 0.05) is 5.57 Å². The third-order valence-corrected chi connectivity index (χ3v) is 2.50. The van der Waals surface area contributed by atoms with Gasteiger partial charge in [0.25, 0.3) is 0 Å². The molecule has 0 spiro atoms. The van der Waals surface area contributed by atoms with Crippen molar-refractivity contribution in [2.75, 3.05) is 6.61 Å². The molecule has 0 N–H and O–H groups in total. The fraction of sp³-hybridized carbons (Fsp3) is 0.412. The average Bonchev–Trinajstić information content (AvgIpc) is 2.38. The van der Waals surface area contributed by atoms with Gasteiger partial charge in [0.2, 0.25) is 0 Å². The van der Waals surface area contributed by atoms with Crippen LogP contribution in [0.3, 0.4) is 0 Å². The summed E-state index contributed by atoms with van der Waals surface area (Å²) in [6.07, 6.45) is 1.30. The zero-order chi connectivity index (χ0) is 16.8. The Labute approximate surface area is 129 Å². The minimum Gasteiger partial charge on any atom is -0.463 e. The van der Waals surface area contributed by atoms with Gasteiger partial charge in [0.15, 0.2) is 0 Å². The van der Waals surface area contributed by atoms with Crippen LogP contribution >= 0.6 is 0 Å². The average molecular weight is 308 g/mol. The molecule has 4 nitrogen and oxygen atoms in total. The molecule has 0 atom stereocenters. The van der Waals surface area contributed by atoms with Crippen molar-refractivity contribution in [1.29, 1.82) is 0 Å². The molecule has 0 saturated heterocycles. The first kappa shape index (κ1) is 17.9. The Hall–Kier alpha value is -2.17. The van der Waals surface area contributed by atoms with Crippen molar-refractivity contribution >= 4 is 18.0 Å². The lowest BCUT2D eigenvalue weighted by molar-refractivity contribution is -0.155. The molecule has 0 aliphatic carbocycles. The molecule has 1 aromatic carbocycles. The minimum absolute atomic E-state index is 0.169. The monoisotopic (exact) mass is 308 g/mol. The molecule has 0 heterocycles. The number of ether oxygens (including phenoxy) is 2. The molecule has 0 unspecified atom stereocenters. The molecule has 0 fully saturated rings. The Morgan fingerprint density at radius 1 is 1.18 bits per heavy atom. The van der Waals surface area contributed by atoms with Crippen LogP contribution in [0.25, 0.3) is 6.08 Å². The van der Waals surface area contributed by atoms with Crippen LogP contribution in [0.15, 0.2) is 29.8 Å². The number of hydrogen-bond acceptors (Lipinski definition) is 4. The van der Waals surface area contributed by atoms with Gasteiger partial charge in [-0.25, -0.2) is 9.18 Å². The highest BCUT2D eigenvalue weighted by Gasteiger charge is 2.21. The second-order valence-electron chi connectivity index (χ2n) is 5.70. The van der Waals surface area contributed by atoms with Crippen molar-refractivity contribution in [3.8, 4) is 0 Å². The van der Waals surface area contributed by atoms with E-state index in [4.69, 9.17) is 9.47 Å². The second kappa shape index (κ2) is 7.73. The zero-order valence-electron chi connectivity index (χ0n) is 13.3. The number of halogens is 1. The summed E-state index contributed by atoms with van der Waals surface area (Å²) >= 11 is 0. The summed E-state index contributed by atoms with van der Waals surface area (Å²) in [5.74, 6) is -1.48. The van der Waals surface area contributed by atoms with E-state index >= 15 is 0 Å².